The Labute approximate surface area is 180 Å². The second kappa shape index (κ2) is 8.75. The second-order valence-electron chi connectivity index (χ2n) is 8.07. The maximum Gasteiger partial charge on any atom is 0.257 e. The molecule has 4 rings (SSSR count). The third-order valence-corrected chi connectivity index (χ3v) is 5.92. The van der Waals surface area contributed by atoms with Crippen molar-refractivity contribution in [2.75, 3.05) is 7.05 Å². The lowest BCUT2D eigenvalue weighted by molar-refractivity contribution is 0.0936. The number of hydrogen-bond donors (Lipinski definition) is 3. The minimum Gasteiger partial charge on any atom is -0.355 e. The monoisotopic (exact) mass is 421 g/mol. The molecule has 8 nitrogen and oxygen atoms in total. The Kier molecular flexibility index (Phi) is 5.88. The molecule has 1 fully saturated rings. The number of aromatic nitrogens is 3. The van der Waals surface area contributed by atoms with Gasteiger partial charge in [-0.2, -0.15) is 0 Å². The van der Waals surface area contributed by atoms with E-state index < -0.39 is 23.3 Å². The van der Waals surface area contributed by atoms with Crippen LogP contribution in [0.5, 0.6) is 0 Å². The number of pyridine rings is 1. The van der Waals surface area contributed by atoms with Gasteiger partial charge in [-0.1, -0.05) is 31.4 Å². The first kappa shape index (κ1) is 20.8. The van der Waals surface area contributed by atoms with Crippen LogP contribution in [0.15, 0.2) is 41.5 Å². The normalized spacial score (nSPS) is 15.5. The summed E-state index contributed by atoms with van der Waals surface area (Å²) in [6.45, 7) is 1.80. The number of benzene rings is 1. The summed E-state index contributed by atoms with van der Waals surface area (Å²) in [6, 6.07) is 7.35. The molecule has 0 aliphatic heterocycles. The molecule has 1 aromatic carbocycles. The van der Waals surface area contributed by atoms with E-state index >= 15 is 0 Å². The Bertz CT molecular complexity index is 1140. The van der Waals surface area contributed by atoms with Crippen molar-refractivity contribution in [2.45, 2.75) is 51.1 Å². The zero-order chi connectivity index (χ0) is 22.0. The van der Waals surface area contributed by atoms with Crippen LogP contribution >= 0.6 is 0 Å². The summed E-state index contributed by atoms with van der Waals surface area (Å²) < 4.78 is 1.87. The molecular weight excluding hydrogens is 394 g/mol. The largest absolute Gasteiger partial charge is 0.355 e. The number of para-hydroxylation sites is 2. The number of rotatable bonds is 5. The highest BCUT2D eigenvalue weighted by atomic mass is 16.2. The highest BCUT2D eigenvalue weighted by Crippen LogP contribution is 2.28. The van der Waals surface area contributed by atoms with Gasteiger partial charge in [0.25, 0.3) is 11.8 Å². The third-order valence-electron chi connectivity index (χ3n) is 5.92. The van der Waals surface area contributed by atoms with Gasteiger partial charge in [0, 0.05) is 25.5 Å². The lowest BCUT2D eigenvalue weighted by Gasteiger charge is -2.25. The number of imidazole rings is 1. The van der Waals surface area contributed by atoms with E-state index in [9.17, 15) is 14.4 Å². The molecule has 1 saturated carbocycles. The van der Waals surface area contributed by atoms with E-state index in [4.69, 9.17) is 0 Å². The van der Waals surface area contributed by atoms with Crippen LogP contribution in [0.25, 0.3) is 11.0 Å². The third kappa shape index (κ3) is 4.23. The molecule has 3 N–H and O–H groups in total. The van der Waals surface area contributed by atoms with E-state index in [1.54, 1.807) is 19.3 Å². The molecule has 31 heavy (non-hydrogen) atoms. The standard InChI is InChI=1S/C23H27N5O3/c1-14(21-26-18-10-6-7-11-19(18)27-21)25-23(31)17-13-28(15-8-4-3-5-9-15)12-16(20(17)29)22(30)24-2/h6-7,10-15H,3-5,8-9H2,1-2H3,(H,24,30)(H,25,31)(H,26,27). The van der Waals surface area contributed by atoms with Crippen LogP contribution in [-0.4, -0.2) is 33.4 Å². The van der Waals surface area contributed by atoms with Crippen LogP contribution < -0.4 is 16.1 Å². The van der Waals surface area contributed by atoms with Gasteiger partial charge in [-0.15, -0.1) is 0 Å². The van der Waals surface area contributed by atoms with Crippen molar-refractivity contribution >= 4 is 22.8 Å². The molecule has 8 heteroatoms. The van der Waals surface area contributed by atoms with Crippen LogP contribution in [0.3, 0.4) is 0 Å². The van der Waals surface area contributed by atoms with Gasteiger partial charge in [0.15, 0.2) is 0 Å². The molecular formula is C23H27N5O3. The Morgan fingerprint density at radius 1 is 1.10 bits per heavy atom. The SMILES string of the molecule is CNC(=O)c1cn(C2CCCCC2)cc(C(=O)NC(C)c2nc3ccccc3[nH]2)c1=O. The first-order valence-electron chi connectivity index (χ1n) is 10.7. The molecule has 0 saturated heterocycles. The molecule has 1 aliphatic rings. The van der Waals surface area contributed by atoms with Crippen LogP contribution in [0.1, 0.15) is 77.7 Å². The Balaban J connectivity index is 1.65. The van der Waals surface area contributed by atoms with Gasteiger partial charge >= 0.3 is 0 Å². The van der Waals surface area contributed by atoms with Gasteiger partial charge in [-0.3, -0.25) is 14.4 Å². The van der Waals surface area contributed by atoms with E-state index in [1.165, 1.54) is 13.5 Å². The van der Waals surface area contributed by atoms with Gasteiger partial charge in [0.1, 0.15) is 17.0 Å². The van der Waals surface area contributed by atoms with Gasteiger partial charge in [0.05, 0.1) is 17.1 Å². The Morgan fingerprint density at radius 2 is 1.77 bits per heavy atom. The number of amides is 2. The molecule has 1 aliphatic carbocycles. The van der Waals surface area contributed by atoms with Crippen molar-refractivity contribution in [2.24, 2.45) is 0 Å². The zero-order valence-corrected chi connectivity index (χ0v) is 17.8. The van der Waals surface area contributed by atoms with Crippen molar-refractivity contribution < 1.29 is 9.59 Å². The summed E-state index contributed by atoms with van der Waals surface area (Å²) in [6.07, 6.45) is 8.47. The van der Waals surface area contributed by atoms with Gasteiger partial charge in [-0.05, 0) is 31.9 Å². The fourth-order valence-electron chi connectivity index (χ4n) is 4.17. The van der Waals surface area contributed by atoms with E-state index in [1.807, 2.05) is 28.8 Å². The molecule has 0 spiro atoms. The summed E-state index contributed by atoms with van der Waals surface area (Å²) >= 11 is 0. The van der Waals surface area contributed by atoms with E-state index in [2.05, 4.69) is 20.6 Å². The van der Waals surface area contributed by atoms with Crippen molar-refractivity contribution in [1.82, 2.24) is 25.2 Å². The molecule has 3 aromatic rings. The molecule has 162 valence electrons. The zero-order valence-electron chi connectivity index (χ0n) is 17.8. The number of nitrogens with one attached hydrogen (secondary N) is 3. The Hall–Kier alpha value is -3.42. The van der Waals surface area contributed by atoms with E-state index in [0.29, 0.717) is 5.82 Å². The predicted molar refractivity (Wildman–Crippen MR) is 118 cm³/mol. The van der Waals surface area contributed by atoms with Gasteiger partial charge in [0.2, 0.25) is 5.43 Å². The quantitative estimate of drug-likeness (QED) is 0.588. The van der Waals surface area contributed by atoms with Crippen molar-refractivity contribution in [3.8, 4) is 0 Å². The highest BCUT2D eigenvalue weighted by Gasteiger charge is 2.24. The Morgan fingerprint density at radius 3 is 2.45 bits per heavy atom. The van der Waals surface area contributed by atoms with Gasteiger partial charge < -0.3 is 20.2 Å². The lowest BCUT2D eigenvalue weighted by atomic mass is 9.95. The number of carbonyl (C=O) groups is 2. The summed E-state index contributed by atoms with van der Waals surface area (Å²) in [5, 5.41) is 5.35. The summed E-state index contributed by atoms with van der Waals surface area (Å²) in [5.41, 5.74) is 1.06. The lowest BCUT2D eigenvalue weighted by Crippen LogP contribution is -2.36. The van der Waals surface area contributed by atoms with Crippen molar-refractivity contribution in [3.05, 3.63) is 63.8 Å². The molecule has 0 bridgehead atoms. The molecule has 1 unspecified atom stereocenters. The number of carbonyl (C=O) groups excluding carboxylic acids is 2. The second-order valence-corrected chi connectivity index (χ2v) is 8.07. The van der Waals surface area contributed by atoms with Crippen molar-refractivity contribution in [3.63, 3.8) is 0 Å². The average molecular weight is 422 g/mol. The fraction of sp³-hybridized carbons (Fsp3) is 0.391. The summed E-state index contributed by atoms with van der Waals surface area (Å²) in [4.78, 5) is 46.0. The maximum atomic E-state index is 13.1. The molecule has 0 radical (unpaired) electrons. The first-order chi connectivity index (χ1) is 15.0. The number of aromatic amines is 1. The maximum absolute atomic E-state index is 13.1. The average Bonchev–Trinajstić information content (AvgIpc) is 3.24. The number of fused-ring (bicyclic) bond motifs is 1. The van der Waals surface area contributed by atoms with E-state index in [-0.39, 0.29) is 17.2 Å². The molecule has 2 heterocycles. The topological polar surface area (TPSA) is 109 Å². The van der Waals surface area contributed by atoms with Crippen LogP contribution in [0.2, 0.25) is 0 Å². The smallest absolute Gasteiger partial charge is 0.257 e. The molecule has 1 atom stereocenters. The fourth-order valence-corrected chi connectivity index (χ4v) is 4.17. The van der Waals surface area contributed by atoms with Crippen LogP contribution in [0, 0.1) is 0 Å². The first-order valence-corrected chi connectivity index (χ1v) is 10.7. The number of nitrogens with zero attached hydrogens (tertiary/aromatic N) is 2. The van der Waals surface area contributed by atoms with Crippen LogP contribution in [0.4, 0.5) is 0 Å². The number of hydrogen-bond acceptors (Lipinski definition) is 4. The van der Waals surface area contributed by atoms with E-state index in [0.717, 1.165) is 36.7 Å². The van der Waals surface area contributed by atoms with Crippen molar-refractivity contribution in [1.29, 1.82) is 0 Å². The van der Waals surface area contributed by atoms with Gasteiger partial charge in [-0.25, -0.2) is 4.98 Å². The molecule has 2 aromatic heterocycles. The highest BCUT2D eigenvalue weighted by molar-refractivity contribution is 5.99. The van der Waals surface area contributed by atoms with Crippen LogP contribution in [-0.2, 0) is 0 Å². The predicted octanol–water partition coefficient (Wildman–Crippen LogP) is 3.08. The molecule has 2 amide bonds. The number of H-pyrrole nitrogens is 1. The minimum atomic E-state index is -0.569. The summed E-state index contributed by atoms with van der Waals surface area (Å²) in [7, 11) is 1.48. The summed E-state index contributed by atoms with van der Waals surface area (Å²) in [5.74, 6) is -0.410. The minimum absolute atomic E-state index is 0.0166.